The van der Waals surface area contributed by atoms with Gasteiger partial charge in [0.15, 0.2) is 0 Å². The lowest BCUT2D eigenvalue weighted by Gasteiger charge is -2.24. The van der Waals surface area contributed by atoms with Crippen molar-refractivity contribution in [2.75, 3.05) is 25.5 Å². The van der Waals surface area contributed by atoms with Gasteiger partial charge in [0, 0.05) is 23.9 Å². The summed E-state index contributed by atoms with van der Waals surface area (Å²) in [7, 11) is -2.17. The van der Waals surface area contributed by atoms with Crippen LogP contribution in [0.3, 0.4) is 0 Å². The second-order valence-corrected chi connectivity index (χ2v) is 9.52. The molecule has 2 N–H and O–H groups in total. The molecular formula is C24H30N4O5S. The fourth-order valence-corrected chi connectivity index (χ4v) is 4.90. The molecule has 9 nitrogen and oxygen atoms in total. The van der Waals surface area contributed by atoms with Crippen LogP contribution in [0.25, 0.3) is 0 Å². The summed E-state index contributed by atoms with van der Waals surface area (Å²) in [5.41, 5.74) is 1.00. The third-order valence-corrected chi connectivity index (χ3v) is 6.84. The van der Waals surface area contributed by atoms with Crippen molar-refractivity contribution in [3.05, 3.63) is 54.1 Å². The summed E-state index contributed by atoms with van der Waals surface area (Å²) in [5.74, 6) is 0.0861. The van der Waals surface area contributed by atoms with Gasteiger partial charge in [0.1, 0.15) is 17.6 Å². The topological polar surface area (TPSA) is 117 Å². The lowest BCUT2D eigenvalue weighted by atomic mass is 10.1. The van der Waals surface area contributed by atoms with E-state index in [1.165, 1.54) is 11.0 Å². The van der Waals surface area contributed by atoms with E-state index in [0.29, 0.717) is 30.0 Å². The molecule has 0 saturated carbocycles. The van der Waals surface area contributed by atoms with Crippen molar-refractivity contribution in [1.29, 1.82) is 0 Å². The number of amidine groups is 1. The summed E-state index contributed by atoms with van der Waals surface area (Å²) in [4.78, 5) is 32.1. The van der Waals surface area contributed by atoms with Crippen molar-refractivity contribution < 1.29 is 22.7 Å². The van der Waals surface area contributed by atoms with Gasteiger partial charge in [-0.2, -0.15) is 0 Å². The Labute approximate surface area is 200 Å². The van der Waals surface area contributed by atoms with Crippen LogP contribution in [0.2, 0.25) is 0 Å². The molecule has 1 unspecified atom stereocenters. The van der Waals surface area contributed by atoms with E-state index < -0.39 is 16.1 Å². The summed E-state index contributed by atoms with van der Waals surface area (Å²) >= 11 is 0. The van der Waals surface area contributed by atoms with Crippen molar-refractivity contribution in [3.8, 4) is 5.75 Å². The number of methoxy groups -OCH3 is 1. The first kappa shape index (κ1) is 25.2. The maximum atomic E-state index is 13.4. The van der Waals surface area contributed by atoms with Crippen molar-refractivity contribution in [2.45, 2.75) is 44.0 Å². The van der Waals surface area contributed by atoms with Gasteiger partial charge in [0.25, 0.3) is 10.0 Å². The summed E-state index contributed by atoms with van der Waals surface area (Å²) in [6.45, 7) is 3.94. The maximum absolute atomic E-state index is 13.4. The van der Waals surface area contributed by atoms with E-state index in [9.17, 15) is 18.0 Å². The molecule has 1 heterocycles. The zero-order chi connectivity index (χ0) is 24.7. The first-order valence-corrected chi connectivity index (χ1v) is 12.7. The number of amides is 2. The van der Waals surface area contributed by atoms with Gasteiger partial charge in [-0.15, -0.1) is 0 Å². The predicted octanol–water partition coefficient (Wildman–Crippen LogP) is 2.78. The smallest absolute Gasteiger partial charge is 0.263 e. The standard InChI is InChI=1S/C24H30N4O5S/c1-4-6-13-20(26-23-19-12-7-8-14-21(19)34(31,32)27-23)24(30)28(5-2)16-22(29)25-17-10-9-11-18(15-17)33-3/h7-12,14-15,20H,4-6,13,16H2,1-3H3,(H,25,29)(H,26,27). The Bertz CT molecular complexity index is 1180. The monoisotopic (exact) mass is 486 g/mol. The average Bonchev–Trinajstić information content (AvgIpc) is 3.09. The van der Waals surface area contributed by atoms with Gasteiger partial charge in [-0.05, 0) is 37.6 Å². The molecule has 1 atom stereocenters. The number of carbonyl (C=O) groups is 2. The van der Waals surface area contributed by atoms with Gasteiger partial charge >= 0.3 is 0 Å². The highest BCUT2D eigenvalue weighted by Gasteiger charge is 2.32. The molecule has 0 aliphatic carbocycles. The second-order valence-electron chi connectivity index (χ2n) is 7.87. The highest BCUT2D eigenvalue weighted by molar-refractivity contribution is 7.90. The minimum atomic E-state index is -3.71. The number of rotatable bonds is 10. The molecule has 1 aliphatic heterocycles. The Hall–Kier alpha value is -3.40. The molecule has 0 saturated heterocycles. The number of ether oxygens (including phenoxy) is 1. The number of nitrogens with zero attached hydrogens (tertiary/aromatic N) is 2. The fraction of sp³-hybridized carbons (Fsp3) is 0.375. The summed E-state index contributed by atoms with van der Waals surface area (Å²) in [6.07, 6.45) is 2.02. The molecule has 0 bridgehead atoms. The first-order chi connectivity index (χ1) is 16.3. The third-order valence-electron chi connectivity index (χ3n) is 5.45. The van der Waals surface area contributed by atoms with Crippen molar-refractivity contribution >= 4 is 33.4 Å². The Morgan fingerprint density at radius 2 is 1.91 bits per heavy atom. The Morgan fingerprint density at radius 3 is 2.62 bits per heavy atom. The molecule has 0 aromatic heterocycles. The number of fused-ring (bicyclic) bond motifs is 1. The Balaban J connectivity index is 1.79. The zero-order valence-electron chi connectivity index (χ0n) is 19.6. The molecular weight excluding hydrogens is 456 g/mol. The van der Waals surface area contributed by atoms with Gasteiger partial charge in [0.2, 0.25) is 11.8 Å². The number of anilines is 1. The molecule has 0 radical (unpaired) electrons. The fourth-order valence-electron chi connectivity index (χ4n) is 3.66. The second kappa shape index (κ2) is 11.1. The van der Waals surface area contributed by atoms with Gasteiger partial charge in [-0.3, -0.25) is 19.3 Å². The number of aliphatic imine (C=N–C) groups is 1. The number of benzene rings is 2. The van der Waals surface area contributed by atoms with E-state index in [1.54, 1.807) is 56.5 Å². The summed E-state index contributed by atoms with van der Waals surface area (Å²) in [6, 6.07) is 12.7. The van der Waals surface area contributed by atoms with Crippen LogP contribution in [-0.4, -0.2) is 57.2 Å². The van der Waals surface area contributed by atoms with E-state index in [2.05, 4.69) is 15.0 Å². The van der Waals surface area contributed by atoms with Crippen molar-refractivity contribution in [3.63, 3.8) is 0 Å². The first-order valence-electron chi connectivity index (χ1n) is 11.2. The molecule has 34 heavy (non-hydrogen) atoms. The molecule has 0 spiro atoms. The quantitative estimate of drug-likeness (QED) is 0.536. The molecule has 10 heteroatoms. The van der Waals surface area contributed by atoms with E-state index in [4.69, 9.17) is 4.74 Å². The number of unbranched alkanes of at least 4 members (excludes halogenated alkanes) is 1. The van der Waals surface area contributed by atoms with Crippen LogP contribution in [0.1, 0.15) is 38.7 Å². The van der Waals surface area contributed by atoms with Crippen molar-refractivity contribution in [2.24, 2.45) is 4.99 Å². The Morgan fingerprint density at radius 1 is 1.15 bits per heavy atom. The van der Waals surface area contributed by atoms with E-state index in [-0.39, 0.29) is 29.1 Å². The molecule has 2 aromatic rings. The number of nitrogens with one attached hydrogen (secondary N) is 2. The number of hydrogen-bond acceptors (Lipinski definition) is 6. The van der Waals surface area contributed by atoms with Crippen LogP contribution >= 0.6 is 0 Å². The predicted molar refractivity (Wildman–Crippen MR) is 130 cm³/mol. The van der Waals surface area contributed by atoms with Crippen LogP contribution < -0.4 is 14.8 Å². The average molecular weight is 487 g/mol. The molecule has 2 aromatic carbocycles. The van der Waals surface area contributed by atoms with Gasteiger partial charge in [-0.25, -0.2) is 8.42 Å². The van der Waals surface area contributed by atoms with Crippen molar-refractivity contribution in [1.82, 2.24) is 9.62 Å². The Kier molecular flexibility index (Phi) is 8.27. The molecule has 3 rings (SSSR count). The van der Waals surface area contributed by atoms with Gasteiger partial charge in [0.05, 0.1) is 18.6 Å². The number of sulfonamides is 1. The summed E-state index contributed by atoms with van der Waals surface area (Å²) in [5, 5.41) is 2.77. The normalized spacial score (nSPS) is 15.8. The molecule has 182 valence electrons. The minimum absolute atomic E-state index is 0.139. The van der Waals surface area contributed by atoms with E-state index >= 15 is 0 Å². The van der Waals surface area contributed by atoms with Crippen LogP contribution in [0, 0.1) is 0 Å². The number of carbonyl (C=O) groups excluding carboxylic acids is 2. The molecule has 2 amide bonds. The maximum Gasteiger partial charge on any atom is 0.263 e. The largest absolute Gasteiger partial charge is 0.497 e. The van der Waals surface area contributed by atoms with Gasteiger partial charge in [-0.1, -0.05) is 38.0 Å². The SMILES string of the molecule is CCCCC(N=C1NS(=O)(=O)c2ccccc21)C(=O)N(CC)CC(=O)Nc1cccc(OC)c1. The van der Waals surface area contributed by atoms with Gasteiger partial charge < -0.3 is 15.0 Å². The van der Waals surface area contributed by atoms with Crippen LogP contribution in [0.5, 0.6) is 5.75 Å². The highest BCUT2D eigenvalue weighted by atomic mass is 32.2. The van der Waals surface area contributed by atoms with Crippen LogP contribution in [0.4, 0.5) is 5.69 Å². The summed E-state index contributed by atoms with van der Waals surface area (Å²) < 4.78 is 32.5. The highest BCUT2D eigenvalue weighted by Crippen LogP contribution is 2.23. The molecule has 1 aliphatic rings. The lowest BCUT2D eigenvalue weighted by molar-refractivity contribution is -0.135. The van der Waals surface area contributed by atoms with Crippen LogP contribution in [0.15, 0.2) is 58.4 Å². The van der Waals surface area contributed by atoms with Crippen LogP contribution in [-0.2, 0) is 19.6 Å². The minimum Gasteiger partial charge on any atom is -0.497 e. The van der Waals surface area contributed by atoms with E-state index in [0.717, 1.165) is 12.8 Å². The van der Waals surface area contributed by atoms with E-state index in [1.807, 2.05) is 6.92 Å². The number of hydrogen-bond donors (Lipinski definition) is 2. The lowest BCUT2D eigenvalue weighted by Crippen LogP contribution is -2.43. The number of likely N-dealkylation sites (N-methyl/N-ethyl adjacent to an activating group) is 1. The third kappa shape index (κ3) is 5.93. The molecule has 0 fully saturated rings. The zero-order valence-corrected chi connectivity index (χ0v) is 20.4.